The molecule has 0 aliphatic rings. The highest BCUT2D eigenvalue weighted by Crippen LogP contribution is 2.16. The van der Waals surface area contributed by atoms with E-state index in [4.69, 9.17) is 5.84 Å². The van der Waals surface area contributed by atoms with Gasteiger partial charge in [0.15, 0.2) is 0 Å². The lowest BCUT2D eigenvalue weighted by Gasteiger charge is -2.25. The first kappa shape index (κ1) is 13.8. The zero-order valence-electron chi connectivity index (χ0n) is 10.3. The van der Waals surface area contributed by atoms with E-state index in [0.29, 0.717) is 11.3 Å². The van der Waals surface area contributed by atoms with Gasteiger partial charge in [0.1, 0.15) is 0 Å². The van der Waals surface area contributed by atoms with Crippen molar-refractivity contribution in [2.75, 3.05) is 24.5 Å². The maximum absolute atomic E-state index is 12.2. The number of hydrogen-bond acceptors (Lipinski definition) is 5. The van der Waals surface area contributed by atoms with E-state index in [1.165, 1.54) is 6.20 Å². The van der Waals surface area contributed by atoms with Crippen LogP contribution in [0.5, 0.6) is 0 Å². The van der Waals surface area contributed by atoms with Crippen molar-refractivity contribution in [2.24, 2.45) is 5.84 Å². The topological polar surface area (TPSA) is 71.2 Å². The van der Waals surface area contributed by atoms with Gasteiger partial charge in [-0.2, -0.15) is 11.8 Å². The molecular formula is C11H18N4OS. The summed E-state index contributed by atoms with van der Waals surface area (Å²) in [5, 5.41) is 0. The maximum atomic E-state index is 12.2. The van der Waals surface area contributed by atoms with E-state index >= 15 is 0 Å². The van der Waals surface area contributed by atoms with Crippen LogP contribution >= 0.6 is 11.8 Å². The van der Waals surface area contributed by atoms with Gasteiger partial charge in [0.25, 0.3) is 5.91 Å². The Morgan fingerprint density at radius 1 is 1.71 bits per heavy atom. The first-order valence-electron chi connectivity index (χ1n) is 5.28. The molecule has 1 atom stereocenters. The van der Waals surface area contributed by atoms with Crippen LogP contribution in [0, 0.1) is 0 Å². The Bertz CT molecular complexity index is 385. The van der Waals surface area contributed by atoms with Crippen LogP contribution in [0.2, 0.25) is 0 Å². The molecule has 1 aromatic rings. The van der Waals surface area contributed by atoms with Crippen LogP contribution in [0.3, 0.4) is 0 Å². The number of carbonyl (C=O) groups is 1. The fraction of sp³-hybridized carbons (Fsp3) is 0.455. The summed E-state index contributed by atoms with van der Waals surface area (Å²) >= 11 is 1.71. The molecule has 0 aliphatic heterocycles. The Kier molecular flexibility index (Phi) is 5.24. The number of nitrogens with two attached hydrogens (primary N) is 1. The normalized spacial score (nSPS) is 12.0. The quantitative estimate of drug-likeness (QED) is 0.610. The van der Waals surface area contributed by atoms with Crippen molar-refractivity contribution in [3.05, 3.63) is 24.0 Å². The van der Waals surface area contributed by atoms with Gasteiger partial charge in [-0.05, 0) is 19.2 Å². The lowest BCUT2D eigenvalue weighted by Crippen LogP contribution is -2.37. The SMILES string of the molecule is CSCC(C)N(C)C(=O)c1cnccc1NN. The van der Waals surface area contributed by atoms with Crippen LogP contribution in [0.25, 0.3) is 0 Å². The second-order valence-corrected chi connectivity index (χ2v) is 4.70. The van der Waals surface area contributed by atoms with Crippen LogP contribution in [0.4, 0.5) is 5.69 Å². The third-order valence-corrected chi connectivity index (χ3v) is 3.41. The van der Waals surface area contributed by atoms with Gasteiger partial charge in [-0.1, -0.05) is 0 Å². The summed E-state index contributed by atoms with van der Waals surface area (Å²) in [4.78, 5) is 17.9. The van der Waals surface area contributed by atoms with E-state index < -0.39 is 0 Å². The van der Waals surface area contributed by atoms with E-state index in [1.807, 2.05) is 13.2 Å². The van der Waals surface area contributed by atoms with Gasteiger partial charge in [0.05, 0.1) is 11.3 Å². The number of carbonyl (C=O) groups excluding carboxylic acids is 1. The Labute approximate surface area is 106 Å². The number of rotatable bonds is 5. The minimum atomic E-state index is -0.0763. The third-order valence-electron chi connectivity index (χ3n) is 2.60. The van der Waals surface area contributed by atoms with Crippen LogP contribution < -0.4 is 11.3 Å². The fourth-order valence-corrected chi connectivity index (χ4v) is 2.14. The van der Waals surface area contributed by atoms with E-state index in [-0.39, 0.29) is 11.9 Å². The zero-order valence-corrected chi connectivity index (χ0v) is 11.1. The smallest absolute Gasteiger partial charge is 0.257 e. The summed E-state index contributed by atoms with van der Waals surface area (Å²) in [6.07, 6.45) is 5.14. The van der Waals surface area contributed by atoms with Gasteiger partial charge in [-0.3, -0.25) is 15.6 Å². The molecule has 1 unspecified atom stereocenters. The molecule has 1 heterocycles. The van der Waals surface area contributed by atoms with Crippen molar-refractivity contribution in [2.45, 2.75) is 13.0 Å². The molecule has 6 heteroatoms. The minimum absolute atomic E-state index is 0.0763. The maximum Gasteiger partial charge on any atom is 0.257 e. The molecular weight excluding hydrogens is 236 g/mol. The molecule has 94 valence electrons. The molecule has 1 rings (SSSR count). The highest BCUT2D eigenvalue weighted by molar-refractivity contribution is 7.98. The second kappa shape index (κ2) is 6.46. The average molecular weight is 254 g/mol. The molecule has 0 bridgehead atoms. The molecule has 0 saturated carbocycles. The number of thioether (sulfide) groups is 1. The number of aromatic nitrogens is 1. The molecule has 0 aliphatic carbocycles. The standard InChI is InChI=1S/C11H18N4OS/c1-8(7-17-3)15(2)11(16)9-6-13-5-4-10(9)14-12/h4-6,8H,7,12H2,1-3H3,(H,13,14). The highest BCUT2D eigenvalue weighted by atomic mass is 32.2. The number of pyridine rings is 1. The second-order valence-electron chi connectivity index (χ2n) is 3.79. The third kappa shape index (κ3) is 3.34. The van der Waals surface area contributed by atoms with Crippen molar-refractivity contribution < 1.29 is 4.79 Å². The number of amides is 1. The van der Waals surface area contributed by atoms with E-state index in [2.05, 4.69) is 10.4 Å². The van der Waals surface area contributed by atoms with Gasteiger partial charge in [0.2, 0.25) is 0 Å². The lowest BCUT2D eigenvalue weighted by atomic mass is 10.2. The van der Waals surface area contributed by atoms with E-state index in [1.54, 1.807) is 36.0 Å². The summed E-state index contributed by atoms with van der Waals surface area (Å²) in [7, 11) is 1.79. The molecule has 0 spiro atoms. The van der Waals surface area contributed by atoms with Gasteiger partial charge >= 0.3 is 0 Å². The van der Waals surface area contributed by atoms with Gasteiger partial charge in [-0.25, -0.2) is 0 Å². The summed E-state index contributed by atoms with van der Waals surface area (Å²) in [5.41, 5.74) is 3.59. The molecule has 0 fully saturated rings. The van der Waals surface area contributed by atoms with Crippen molar-refractivity contribution in [3.63, 3.8) is 0 Å². The number of hydrogen-bond donors (Lipinski definition) is 2. The molecule has 5 nitrogen and oxygen atoms in total. The summed E-state index contributed by atoms with van der Waals surface area (Å²) in [5.74, 6) is 6.19. The van der Waals surface area contributed by atoms with Crippen molar-refractivity contribution in [1.82, 2.24) is 9.88 Å². The first-order valence-corrected chi connectivity index (χ1v) is 6.68. The van der Waals surface area contributed by atoms with Crippen molar-refractivity contribution in [1.29, 1.82) is 0 Å². The number of hydrazine groups is 1. The zero-order chi connectivity index (χ0) is 12.8. The van der Waals surface area contributed by atoms with E-state index in [0.717, 1.165) is 5.75 Å². The molecule has 0 radical (unpaired) electrons. The molecule has 0 saturated heterocycles. The predicted octanol–water partition coefficient (Wildman–Crippen LogP) is 1.19. The highest BCUT2D eigenvalue weighted by Gasteiger charge is 2.19. The molecule has 0 aromatic carbocycles. The van der Waals surface area contributed by atoms with Gasteiger partial charge in [0, 0.05) is 31.2 Å². The molecule has 1 amide bonds. The van der Waals surface area contributed by atoms with Crippen molar-refractivity contribution >= 4 is 23.4 Å². The van der Waals surface area contributed by atoms with Crippen LogP contribution in [0.15, 0.2) is 18.5 Å². The summed E-state index contributed by atoms with van der Waals surface area (Å²) in [6.45, 7) is 2.01. The Balaban J connectivity index is 2.88. The van der Waals surface area contributed by atoms with E-state index in [9.17, 15) is 4.79 Å². The van der Waals surface area contributed by atoms with Crippen LogP contribution in [-0.2, 0) is 0 Å². The summed E-state index contributed by atoms with van der Waals surface area (Å²) < 4.78 is 0. The van der Waals surface area contributed by atoms with Gasteiger partial charge < -0.3 is 10.3 Å². The Hall–Kier alpha value is -1.27. The average Bonchev–Trinajstić information content (AvgIpc) is 2.37. The number of anilines is 1. The van der Waals surface area contributed by atoms with Crippen molar-refractivity contribution in [3.8, 4) is 0 Å². The number of nitrogen functional groups attached to an aromatic ring is 1. The molecule has 1 aromatic heterocycles. The first-order chi connectivity index (χ1) is 8.11. The largest absolute Gasteiger partial charge is 0.338 e. The molecule has 3 N–H and O–H groups in total. The Morgan fingerprint density at radius 3 is 3.00 bits per heavy atom. The van der Waals surface area contributed by atoms with Gasteiger partial charge in [-0.15, -0.1) is 0 Å². The fourth-order valence-electron chi connectivity index (χ4n) is 1.43. The number of nitrogens with one attached hydrogen (secondary N) is 1. The number of nitrogens with zero attached hydrogens (tertiary/aromatic N) is 2. The van der Waals surface area contributed by atoms with Crippen LogP contribution in [0.1, 0.15) is 17.3 Å². The monoisotopic (exact) mass is 254 g/mol. The molecule has 17 heavy (non-hydrogen) atoms. The van der Waals surface area contributed by atoms with Crippen LogP contribution in [-0.4, -0.2) is 40.9 Å². The Morgan fingerprint density at radius 2 is 2.41 bits per heavy atom. The minimum Gasteiger partial charge on any atom is -0.338 e. The lowest BCUT2D eigenvalue weighted by molar-refractivity contribution is 0.0758. The predicted molar refractivity (Wildman–Crippen MR) is 72.0 cm³/mol. The summed E-state index contributed by atoms with van der Waals surface area (Å²) in [6, 6.07) is 1.85.